The van der Waals surface area contributed by atoms with Crippen molar-refractivity contribution in [2.45, 2.75) is 0 Å². The molecule has 0 bridgehead atoms. The lowest BCUT2D eigenvalue weighted by Gasteiger charge is -2.14. The standard InChI is InChI=1S/C29H31NO7/c1-32-22-11-9-21(10-12-22)24(31)13-14-30-23-15-19(16-25(33-2)28(23)36-5)7-8-20-17-26(34-3)29(37-6)27(18-20)35-4/h7-18,30H,1-6H3/b8-7-,14-13-. The van der Waals surface area contributed by atoms with Gasteiger partial charge in [0.05, 0.1) is 48.3 Å². The van der Waals surface area contributed by atoms with Crippen LogP contribution in [0.5, 0.6) is 34.5 Å². The normalized spacial score (nSPS) is 10.9. The molecule has 0 fully saturated rings. The van der Waals surface area contributed by atoms with Gasteiger partial charge in [0.2, 0.25) is 5.75 Å². The van der Waals surface area contributed by atoms with Crippen molar-refractivity contribution in [2.24, 2.45) is 0 Å². The van der Waals surface area contributed by atoms with E-state index in [1.807, 2.05) is 36.4 Å². The van der Waals surface area contributed by atoms with Gasteiger partial charge in [0, 0.05) is 17.8 Å². The zero-order chi connectivity index (χ0) is 26.8. The summed E-state index contributed by atoms with van der Waals surface area (Å²) in [5.41, 5.74) is 2.86. The van der Waals surface area contributed by atoms with Crippen molar-refractivity contribution < 1.29 is 33.2 Å². The van der Waals surface area contributed by atoms with E-state index in [0.29, 0.717) is 45.7 Å². The van der Waals surface area contributed by atoms with Crippen molar-refractivity contribution in [2.75, 3.05) is 48.0 Å². The molecular formula is C29H31NO7. The molecule has 3 aromatic carbocycles. The summed E-state index contributed by atoms with van der Waals surface area (Å²) in [6.45, 7) is 0. The van der Waals surface area contributed by atoms with Crippen LogP contribution in [0, 0.1) is 0 Å². The van der Waals surface area contributed by atoms with Gasteiger partial charge in [0.25, 0.3) is 0 Å². The Labute approximate surface area is 217 Å². The van der Waals surface area contributed by atoms with Crippen LogP contribution in [0.4, 0.5) is 5.69 Å². The van der Waals surface area contributed by atoms with E-state index in [-0.39, 0.29) is 5.78 Å². The molecular weight excluding hydrogens is 474 g/mol. The molecule has 0 unspecified atom stereocenters. The summed E-state index contributed by atoms with van der Waals surface area (Å²) in [7, 11) is 9.41. The second-order valence-corrected chi connectivity index (χ2v) is 7.67. The molecule has 8 nitrogen and oxygen atoms in total. The first kappa shape index (κ1) is 27.0. The molecule has 0 aliphatic heterocycles. The number of ketones is 1. The quantitative estimate of drug-likeness (QED) is 0.190. The fourth-order valence-electron chi connectivity index (χ4n) is 3.64. The number of anilines is 1. The van der Waals surface area contributed by atoms with E-state index in [0.717, 1.165) is 11.1 Å². The number of carbonyl (C=O) groups is 1. The number of carbonyl (C=O) groups excluding carboxylic acids is 1. The summed E-state index contributed by atoms with van der Waals surface area (Å²) < 4.78 is 32.5. The number of nitrogens with one attached hydrogen (secondary N) is 1. The third kappa shape index (κ3) is 6.55. The SMILES string of the molecule is COc1ccc(C(=O)/C=C\Nc2cc(/C=C\c3cc(OC)c(OC)c(OC)c3)cc(OC)c2OC)cc1. The highest BCUT2D eigenvalue weighted by Crippen LogP contribution is 2.40. The van der Waals surface area contributed by atoms with Crippen LogP contribution in [0.2, 0.25) is 0 Å². The second kappa shape index (κ2) is 12.9. The Morgan fingerprint density at radius 3 is 1.65 bits per heavy atom. The maximum atomic E-state index is 12.5. The zero-order valence-electron chi connectivity index (χ0n) is 21.8. The van der Waals surface area contributed by atoms with Crippen LogP contribution in [0.3, 0.4) is 0 Å². The summed E-state index contributed by atoms with van der Waals surface area (Å²) in [6.07, 6.45) is 6.85. The van der Waals surface area contributed by atoms with Crippen molar-refractivity contribution >= 4 is 23.6 Å². The monoisotopic (exact) mass is 505 g/mol. The molecule has 194 valence electrons. The maximum Gasteiger partial charge on any atom is 0.203 e. The zero-order valence-corrected chi connectivity index (χ0v) is 21.8. The molecule has 0 saturated carbocycles. The lowest BCUT2D eigenvalue weighted by molar-refractivity contribution is 0.104. The average molecular weight is 506 g/mol. The lowest BCUT2D eigenvalue weighted by atomic mass is 10.1. The number of benzene rings is 3. The van der Waals surface area contributed by atoms with E-state index in [2.05, 4.69) is 5.32 Å². The number of allylic oxidation sites excluding steroid dienone is 1. The van der Waals surface area contributed by atoms with E-state index >= 15 is 0 Å². The predicted molar refractivity (Wildman–Crippen MR) is 145 cm³/mol. The van der Waals surface area contributed by atoms with Crippen LogP contribution in [-0.4, -0.2) is 48.4 Å². The minimum Gasteiger partial charge on any atom is -0.497 e. The van der Waals surface area contributed by atoms with Crippen LogP contribution in [0.1, 0.15) is 21.5 Å². The summed E-state index contributed by atoms with van der Waals surface area (Å²) in [6, 6.07) is 14.4. The number of methoxy groups -OCH3 is 6. The van der Waals surface area contributed by atoms with Gasteiger partial charge in [-0.25, -0.2) is 0 Å². The molecule has 0 aromatic heterocycles. The van der Waals surface area contributed by atoms with E-state index in [9.17, 15) is 4.79 Å². The van der Waals surface area contributed by atoms with Crippen molar-refractivity contribution in [3.63, 3.8) is 0 Å². The minimum atomic E-state index is -0.153. The third-order valence-electron chi connectivity index (χ3n) is 5.50. The molecule has 0 radical (unpaired) electrons. The number of rotatable bonds is 12. The molecule has 0 aliphatic carbocycles. The first-order chi connectivity index (χ1) is 18.0. The Kier molecular flexibility index (Phi) is 9.43. The number of ether oxygens (including phenoxy) is 6. The Morgan fingerprint density at radius 2 is 1.16 bits per heavy atom. The van der Waals surface area contributed by atoms with Gasteiger partial charge in [-0.05, 0) is 59.7 Å². The molecule has 0 spiro atoms. The Balaban J connectivity index is 1.87. The van der Waals surface area contributed by atoms with Crippen molar-refractivity contribution in [3.05, 3.63) is 77.5 Å². The molecule has 1 N–H and O–H groups in total. The van der Waals surface area contributed by atoms with Crippen LogP contribution < -0.4 is 33.7 Å². The van der Waals surface area contributed by atoms with Crippen LogP contribution in [0.25, 0.3) is 12.2 Å². The van der Waals surface area contributed by atoms with Gasteiger partial charge >= 0.3 is 0 Å². The largest absolute Gasteiger partial charge is 0.497 e. The van der Waals surface area contributed by atoms with E-state index in [4.69, 9.17) is 28.4 Å². The van der Waals surface area contributed by atoms with Gasteiger partial charge in [-0.2, -0.15) is 0 Å². The summed E-state index contributed by atoms with van der Waals surface area (Å²) in [5.74, 6) is 3.22. The van der Waals surface area contributed by atoms with Crippen molar-refractivity contribution in [1.29, 1.82) is 0 Å². The molecule has 0 aliphatic rings. The number of hydrogen-bond donors (Lipinski definition) is 1. The van der Waals surface area contributed by atoms with E-state index in [1.54, 1.807) is 73.1 Å². The van der Waals surface area contributed by atoms with Crippen molar-refractivity contribution in [3.8, 4) is 34.5 Å². The smallest absolute Gasteiger partial charge is 0.203 e. The predicted octanol–water partition coefficient (Wildman–Crippen LogP) is 5.72. The molecule has 0 heterocycles. The van der Waals surface area contributed by atoms with Gasteiger partial charge in [-0.15, -0.1) is 0 Å². The summed E-state index contributed by atoms with van der Waals surface area (Å²) in [5, 5.41) is 3.13. The van der Waals surface area contributed by atoms with Gasteiger partial charge < -0.3 is 33.7 Å². The molecule has 37 heavy (non-hydrogen) atoms. The van der Waals surface area contributed by atoms with Gasteiger partial charge in [0.1, 0.15) is 5.75 Å². The van der Waals surface area contributed by atoms with Gasteiger partial charge in [-0.1, -0.05) is 12.2 Å². The maximum absolute atomic E-state index is 12.5. The Morgan fingerprint density at radius 1 is 0.649 bits per heavy atom. The molecule has 3 aromatic rings. The molecule has 3 rings (SSSR count). The van der Waals surface area contributed by atoms with Crippen LogP contribution >= 0.6 is 0 Å². The molecule has 0 amide bonds. The first-order valence-electron chi connectivity index (χ1n) is 11.3. The average Bonchev–Trinajstić information content (AvgIpc) is 2.94. The summed E-state index contributed by atoms with van der Waals surface area (Å²) in [4.78, 5) is 12.5. The highest BCUT2D eigenvalue weighted by molar-refractivity contribution is 6.04. The minimum absolute atomic E-state index is 0.153. The van der Waals surface area contributed by atoms with Gasteiger partial charge in [-0.3, -0.25) is 4.79 Å². The van der Waals surface area contributed by atoms with E-state index < -0.39 is 0 Å². The van der Waals surface area contributed by atoms with Crippen LogP contribution in [0.15, 0.2) is 60.8 Å². The number of hydrogen-bond acceptors (Lipinski definition) is 8. The molecule has 0 saturated heterocycles. The second-order valence-electron chi connectivity index (χ2n) is 7.67. The van der Waals surface area contributed by atoms with Crippen molar-refractivity contribution in [1.82, 2.24) is 0 Å². The Hall–Kier alpha value is -4.59. The summed E-state index contributed by atoms with van der Waals surface area (Å²) >= 11 is 0. The fraction of sp³-hybridized carbons (Fsp3) is 0.207. The van der Waals surface area contributed by atoms with E-state index in [1.165, 1.54) is 6.08 Å². The molecule has 8 heteroatoms. The highest BCUT2D eigenvalue weighted by atomic mass is 16.5. The third-order valence-corrected chi connectivity index (χ3v) is 5.50. The Bertz CT molecular complexity index is 1260. The molecule has 0 atom stereocenters. The van der Waals surface area contributed by atoms with Gasteiger partial charge in [0.15, 0.2) is 28.8 Å². The lowest BCUT2D eigenvalue weighted by Crippen LogP contribution is -1.99. The highest BCUT2D eigenvalue weighted by Gasteiger charge is 2.13. The topological polar surface area (TPSA) is 84.5 Å². The fourth-order valence-corrected chi connectivity index (χ4v) is 3.64. The van der Waals surface area contributed by atoms with Crippen LogP contribution in [-0.2, 0) is 0 Å². The first-order valence-corrected chi connectivity index (χ1v) is 11.3.